The second kappa shape index (κ2) is 4.42. The van der Waals surface area contributed by atoms with Gasteiger partial charge in [0.05, 0.1) is 5.92 Å². The fourth-order valence-electron chi connectivity index (χ4n) is 2.64. The molecular weight excluding hydrogens is 232 g/mol. The summed E-state index contributed by atoms with van der Waals surface area (Å²) >= 11 is 0. The van der Waals surface area contributed by atoms with Crippen LogP contribution in [0.2, 0.25) is 0 Å². The highest BCUT2D eigenvalue weighted by atomic mass is 16.5. The van der Waals surface area contributed by atoms with E-state index in [1.165, 1.54) is 0 Å². The van der Waals surface area contributed by atoms with E-state index >= 15 is 0 Å². The van der Waals surface area contributed by atoms with Gasteiger partial charge >= 0.3 is 5.97 Å². The Hall–Kier alpha value is -1.88. The molecule has 2 unspecified atom stereocenters. The van der Waals surface area contributed by atoms with Crippen LogP contribution in [0.5, 0.6) is 0 Å². The minimum Gasteiger partial charge on any atom is -0.481 e. The molecule has 0 bridgehead atoms. The Morgan fingerprint density at radius 1 is 1.50 bits per heavy atom. The Balaban J connectivity index is 1.97. The van der Waals surface area contributed by atoms with Gasteiger partial charge in [-0.15, -0.1) is 0 Å². The summed E-state index contributed by atoms with van der Waals surface area (Å²) in [5, 5.41) is 17.2. The van der Waals surface area contributed by atoms with Crippen LogP contribution >= 0.6 is 0 Å². The normalized spacial score (nSPS) is 24.2. The number of aliphatic carboxylic acids is 1. The average Bonchev–Trinajstić information content (AvgIpc) is 2.85. The number of rotatable bonds is 2. The molecule has 0 saturated carbocycles. The molecule has 1 saturated heterocycles. The van der Waals surface area contributed by atoms with E-state index < -0.39 is 5.97 Å². The zero-order chi connectivity index (χ0) is 12.5. The number of fused-ring (bicyclic) bond motifs is 1. The molecule has 1 fully saturated rings. The van der Waals surface area contributed by atoms with Crippen LogP contribution in [0.1, 0.15) is 17.9 Å². The van der Waals surface area contributed by atoms with Crippen LogP contribution in [0, 0.1) is 5.92 Å². The molecule has 2 heterocycles. The van der Waals surface area contributed by atoms with E-state index in [4.69, 9.17) is 4.52 Å². The van der Waals surface area contributed by atoms with Crippen molar-refractivity contribution in [3.63, 3.8) is 0 Å². The number of nitrogens with zero attached hydrogens (tertiary/aromatic N) is 1. The lowest BCUT2D eigenvalue weighted by Crippen LogP contribution is -2.39. The van der Waals surface area contributed by atoms with Gasteiger partial charge in [-0.1, -0.05) is 11.2 Å². The minimum atomic E-state index is -0.738. The second-order valence-corrected chi connectivity index (χ2v) is 4.68. The van der Waals surface area contributed by atoms with Gasteiger partial charge in [-0.05, 0) is 36.6 Å². The summed E-state index contributed by atoms with van der Waals surface area (Å²) < 4.78 is 4.90. The maximum absolute atomic E-state index is 11.3. The first-order chi connectivity index (χ1) is 8.75. The third-order valence-electron chi connectivity index (χ3n) is 3.61. The number of benzene rings is 1. The number of hydrogen-bond acceptors (Lipinski definition) is 4. The number of aromatic nitrogens is 1. The molecule has 1 aliphatic heterocycles. The Kier molecular flexibility index (Phi) is 2.76. The van der Waals surface area contributed by atoms with Crippen molar-refractivity contribution in [3.8, 4) is 0 Å². The highest BCUT2D eigenvalue weighted by Gasteiger charge is 2.31. The van der Waals surface area contributed by atoms with Gasteiger partial charge in [0.15, 0.2) is 0 Å². The van der Waals surface area contributed by atoms with Gasteiger partial charge in [-0.2, -0.15) is 0 Å². The minimum absolute atomic E-state index is 0.0584. The lowest BCUT2D eigenvalue weighted by molar-refractivity contribution is -0.142. The lowest BCUT2D eigenvalue weighted by atomic mass is 9.81. The van der Waals surface area contributed by atoms with E-state index in [-0.39, 0.29) is 11.8 Å². The van der Waals surface area contributed by atoms with Crippen molar-refractivity contribution in [3.05, 3.63) is 30.0 Å². The number of hydrogen-bond donors (Lipinski definition) is 2. The molecule has 1 aromatic carbocycles. The molecule has 0 radical (unpaired) electrons. The quantitative estimate of drug-likeness (QED) is 0.841. The van der Waals surface area contributed by atoms with Crippen LogP contribution < -0.4 is 5.32 Å². The number of carboxylic acid groups (broad SMARTS) is 1. The zero-order valence-corrected chi connectivity index (χ0v) is 9.80. The van der Waals surface area contributed by atoms with E-state index in [9.17, 15) is 9.90 Å². The lowest BCUT2D eigenvalue weighted by Gasteiger charge is -2.29. The van der Waals surface area contributed by atoms with Gasteiger partial charge in [0.25, 0.3) is 0 Å². The van der Waals surface area contributed by atoms with E-state index in [0.29, 0.717) is 6.54 Å². The molecule has 0 aliphatic carbocycles. The number of carbonyl (C=O) groups is 1. The highest BCUT2D eigenvalue weighted by molar-refractivity contribution is 5.78. The molecule has 0 amide bonds. The summed E-state index contributed by atoms with van der Waals surface area (Å²) in [7, 11) is 0. The van der Waals surface area contributed by atoms with Gasteiger partial charge < -0.3 is 14.9 Å². The molecule has 94 valence electrons. The molecule has 18 heavy (non-hydrogen) atoms. The predicted molar refractivity (Wildman–Crippen MR) is 65.4 cm³/mol. The van der Waals surface area contributed by atoms with Crippen molar-refractivity contribution < 1.29 is 14.4 Å². The summed E-state index contributed by atoms with van der Waals surface area (Å²) in [5.74, 6) is -1.04. The van der Waals surface area contributed by atoms with Gasteiger partial charge in [-0.3, -0.25) is 4.79 Å². The van der Waals surface area contributed by atoms with Gasteiger partial charge in [0.2, 0.25) is 0 Å². The molecule has 2 N–H and O–H groups in total. The summed E-state index contributed by atoms with van der Waals surface area (Å²) in [6, 6.07) is 5.82. The standard InChI is InChI=1S/C13H14N2O3/c16-13(17)11-6-14-4-3-10(11)8-1-2-12-9(5-8)7-18-15-12/h1-2,5,7,10-11,14H,3-4,6H2,(H,16,17). The first-order valence-electron chi connectivity index (χ1n) is 6.03. The average molecular weight is 246 g/mol. The van der Waals surface area contributed by atoms with Crippen molar-refractivity contribution in [2.75, 3.05) is 13.1 Å². The SMILES string of the molecule is O=C(O)C1CNCCC1c1ccc2nocc2c1. The molecule has 1 aromatic heterocycles. The van der Waals surface area contributed by atoms with Gasteiger partial charge in [0.1, 0.15) is 11.8 Å². The largest absolute Gasteiger partial charge is 0.481 e. The van der Waals surface area contributed by atoms with Crippen LogP contribution in [0.3, 0.4) is 0 Å². The Bertz CT molecular complexity index is 578. The maximum Gasteiger partial charge on any atom is 0.308 e. The third-order valence-corrected chi connectivity index (χ3v) is 3.61. The molecule has 5 heteroatoms. The fourth-order valence-corrected chi connectivity index (χ4v) is 2.64. The van der Waals surface area contributed by atoms with Gasteiger partial charge in [0, 0.05) is 11.9 Å². The van der Waals surface area contributed by atoms with Crippen LogP contribution in [0.15, 0.2) is 29.0 Å². The number of piperidine rings is 1. The Morgan fingerprint density at radius 3 is 3.22 bits per heavy atom. The van der Waals surface area contributed by atoms with Crippen LogP contribution in [-0.2, 0) is 4.79 Å². The van der Waals surface area contributed by atoms with Crippen molar-refractivity contribution in [2.24, 2.45) is 5.92 Å². The van der Waals surface area contributed by atoms with Crippen LogP contribution in [0.4, 0.5) is 0 Å². The first-order valence-corrected chi connectivity index (χ1v) is 6.03. The van der Waals surface area contributed by atoms with Crippen molar-refractivity contribution in [2.45, 2.75) is 12.3 Å². The summed E-state index contributed by atoms with van der Waals surface area (Å²) in [5.41, 5.74) is 1.86. The molecular formula is C13H14N2O3. The Labute approximate surface area is 104 Å². The molecule has 0 spiro atoms. The van der Waals surface area contributed by atoms with Crippen molar-refractivity contribution in [1.82, 2.24) is 10.5 Å². The number of nitrogens with one attached hydrogen (secondary N) is 1. The third kappa shape index (κ3) is 1.86. The predicted octanol–water partition coefficient (Wildman–Crippen LogP) is 1.61. The fraction of sp³-hybridized carbons (Fsp3) is 0.385. The van der Waals surface area contributed by atoms with Crippen LogP contribution in [-0.4, -0.2) is 29.3 Å². The molecule has 5 nitrogen and oxygen atoms in total. The molecule has 3 rings (SSSR count). The molecule has 2 aromatic rings. The van der Waals surface area contributed by atoms with E-state index in [2.05, 4.69) is 10.5 Å². The summed E-state index contributed by atoms with van der Waals surface area (Å²) in [6.45, 7) is 1.39. The number of carboxylic acids is 1. The summed E-state index contributed by atoms with van der Waals surface area (Å²) in [4.78, 5) is 11.3. The van der Waals surface area contributed by atoms with Crippen molar-refractivity contribution in [1.29, 1.82) is 0 Å². The zero-order valence-electron chi connectivity index (χ0n) is 9.80. The van der Waals surface area contributed by atoms with E-state index in [0.717, 1.165) is 29.4 Å². The van der Waals surface area contributed by atoms with Crippen molar-refractivity contribution >= 4 is 16.9 Å². The summed E-state index contributed by atoms with van der Waals surface area (Å²) in [6.07, 6.45) is 2.43. The highest BCUT2D eigenvalue weighted by Crippen LogP contribution is 2.32. The monoisotopic (exact) mass is 246 g/mol. The Morgan fingerprint density at radius 2 is 2.39 bits per heavy atom. The van der Waals surface area contributed by atoms with Crippen LogP contribution in [0.25, 0.3) is 10.9 Å². The molecule has 2 atom stereocenters. The first kappa shape index (κ1) is 11.2. The topological polar surface area (TPSA) is 75.4 Å². The van der Waals surface area contributed by atoms with E-state index in [1.54, 1.807) is 6.26 Å². The molecule has 1 aliphatic rings. The maximum atomic E-state index is 11.3. The smallest absolute Gasteiger partial charge is 0.308 e. The van der Waals surface area contributed by atoms with E-state index in [1.807, 2.05) is 18.2 Å². The van der Waals surface area contributed by atoms with Gasteiger partial charge in [-0.25, -0.2) is 0 Å². The second-order valence-electron chi connectivity index (χ2n) is 4.68.